The van der Waals surface area contributed by atoms with Crippen LogP contribution in [0, 0.1) is 0 Å². The quantitative estimate of drug-likeness (QED) is 0.908. The third-order valence-corrected chi connectivity index (χ3v) is 4.39. The summed E-state index contributed by atoms with van der Waals surface area (Å²) in [7, 11) is 0. The van der Waals surface area contributed by atoms with E-state index in [1.165, 1.54) is 0 Å². The van der Waals surface area contributed by atoms with Crippen molar-refractivity contribution >= 4 is 33.2 Å². The van der Waals surface area contributed by atoms with E-state index < -0.39 is 0 Å². The summed E-state index contributed by atoms with van der Waals surface area (Å²) in [4.78, 5) is 15.0. The Morgan fingerprint density at radius 1 is 1.62 bits per heavy atom. The average Bonchev–Trinajstić information content (AvgIpc) is 2.64. The predicted octanol–water partition coefficient (Wildman–Crippen LogP) is 2.00. The van der Waals surface area contributed by atoms with Gasteiger partial charge in [-0.1, -0.05) is 0 Å². The van der Waals surface area contributed by atoms with Crippen molar-refractivity contribution in [2.75, 3.05) is 13.1 Å². The van der Waals surface area contributed by atoms with Gasteiger partial charge in [-0.2, -0.15) is 0 Å². The van der Waals surface area contributed by atoms with Gasteiger partial charge in [0.2, 0.25) is 5.91 Å². The monoisotopic (exact) mass is 302 g/mol. The number of rotatable bonds is 2. The zero-order valence-electron chi connectivity index (χ0n) is 8.99. The molecule has 0 aliphatic carbocycles. The Hall–Kier alpha value is -0.390. The van der Waals surface area contributed by atoms with Gasteiger partial charge in [0.05, 0.1) is 10.2 Å². The van der Waals surface area contributed by atoms with Crippen molar-refractivity contribution in [3.63, 3.8) is 0 Å². The van der Waals surface area contributed by atoms with Gasteiger partial charge in [-0.3, -0.25) is 4.79 Å². The van der Waals surface area contributed by atoms with Gasteiger partial charge in [-0.05, 0) is 40.9 Å². The number of carbonyl (C=O) groups is 1. The fraction of sp³-hybridized carbons (Fsp3) is 0.545. The molecule has 1 fully saturated rings. The van der Waals surface area contributed by atoms with Gasteiger partial charge < -0.3 is 10.6 Å². The molecule has 1 atom stereocenters. The molecule has 0 aromatic carbocycles. The molecule has 88 valence electrons. The average molecular weight is 303 g/mol. The molecule has 0 spiro atoms. The summed E-state index contributed by atoms with van der Waals surface area (Å²) in [5.74, 6) is 0.199. The highest BCUT2D eigenvalue weighted by atomic mass is 79.9. The molecule has 1 aliphatic rings. The number of nitrogens with zero attached hydrogens (tertiary/aromatic N) is 1. The van der Waals surface area contributed by atoms with E-state index in [0.29, 0.717) is 13.0 Å². The Bertz CT molecular complexity index is 380. The first-order chi connectivity index (χ1) is 7.65. The highest BCUT2D eigenvalue weighted by molar-refractivity contribution is 9.11. The van der Waals surface area contributed by atoms with E-state index in [1.54, 1.807) is 11.3 Å². The number of halogens is 1. The van der Waals surface area contributed by atoms with E-state index >= 15 is 0 Å². The van der Waals surface area contributed by atoms with Crippen molar-refractivity contribution in [1.82, 2.24) is 4.90 Å². The maximum Gasteiger partial charge on any atom is 0.227 e. The van der Waals surface area contributed by atoms with Gasteiger partial charge in [0.15, 0.2) is 0 Å². The SMILES string of the molecule is NC1CCCN(C(=O)Cc2ccc(Br)s2)C1. The number of thiophene rings is 1. The van der Waals surface area contributed by atoms with Crippen LogP contribution in [0.2, 0.25) is 0 Å². The minimum atomic E-state index is 0.160. The lowest BCUT2D eigenvalue weighted by Gasteiger charge is -2.30. The van der Waals surface area contributed by atoms with E-state index in [4.69, 9.17) is 5.73 Å². The standard InChI is InChI=1S/C11H15BrN2OS/c12-10-4-3-9(16-10)6-11(15)14-5-1-2-8(13)7-14/h3-4,8H,1-2,5-7,13H2. The maximum absolute atomic E-state index is 12.0. The molecule has 2 N–H and O–H groups in total. The van der Waals surface area contributed by atoms with Crippen LogP contribution in [0.4, 0.5) is 0 Å². The first-order valence-corrected chi connectivity index (χ1v) is 7.03. The number of hydrogen-bond acceptors (Lipinski definition) is 3. The predicted molar refractivity (Wildman–Crippen MR) is 69.5 cm³/mol. The van der Waals surface area contributed by atoms with Crippen LogP contribution in [0.1, 0.15) is 17.7 Å². The van der Waals surface area contributed by atoms with Gasteiger partial charge in [0, 0.05) is 24.0 Å². The van der Waals surface area contributed by atoms with E-state index in [1.807, 2.05) is 17.0 Å². The minimum Gasteiger partial charge on any atom is -0.341 e. The van der Waals surface area contributed by atoms with E-state index in [9.17, 15) is 4.79 Å². The smallest absolute Gasteiger partial charge is 0.227 e. The lowest BCUT2D eigenvalue weighted by Crippen LogP contribution is -2.46. The van der Waals surface area contributed by atoms with Crippen molar-refractivity contribution in [2.45, 2.75) is 25.3 Å². The van der Waals surface area contributed by atoms with Crippen LogP contribution in [-0.4, -0.2) is 29.9 Å². The molecule has 1 unspecified atom stereocenters. The number of nitrogens with two attached hydrogens (primary N) is 1. The zero-order valence-corrected chi connectivity index (χ0v) is 11.4. The zero-order chi connectivity index (χ0) is 11.5. The lowest BCUT2D eigenvalue weighted by atomic mass is 10.1. The normalized spacial score (nSPS) is 21.1. The van der Waals surface area contributed by atoms with Gasteiger partial charge >= 0.3 is 0 Å². The van der Waals surface area contributed by atoms with E-state index in [0.717, 1.165) is 28.0 Å². The van der Waals surface area contributed by atoms with Gasteiger partial charge in [0.1, 0.15) is 0 Å². The van der Waals surface area contributed by atoms with Crippen LogP contribution in [0.5, 0.6) is 0 Å². The summed E-state index contributed by atoms with van der Waals surface area (Å²) in [5.41, 5.74) is 5.86. The highest BCUT2D eigenvalue weighted by Crippen LogP contribution is 2.23. The van der Waals surface area contributed by atoms with Gasteiger partial charge in [-0.15, -0.1) is 11.3 Å². The molecule has 2 rings (SSSR count). The minimum absolute atomic E-state index is 0.160. The summed E-state index contributed by atoms with van der Waals surface area (Å²) < 4.78 is 1.07. The first kappa shape index (κ1) is 12.1. The number of amides is 1. The lowest BCUT2D eigenvalue weighted by molar-refractivity contribution is -0.131. The highest BCUT2D eigenvalue weighted by Gasteiger charge is 2.21. The molecule has 5 heteroatoms. The molecule has 1 saturated heterocycles. The molecular weight excluding hydrogens is 288 g/mol. The van der Waals surface area contributed by atoms with Crippen LogP contribution in [-0.2, 0) is 11.2 Å². The molecule has 1 aromatic heterocycles. The number of piperidine rings is 1. The topological polar surface area (TPSA) is 46.3 Å². The Morgan fingerprint density at radius 2 is 2.44 bits per heavy atom. The molecule has 16 heavy (non-hydrogen) atoms. The Morgan fingerprint density at radius 3 is 3.06 bits per heavy atom. The Kier molecular flexibility index (Phi) is 4.00. The van der Waals surface area contributed by atoms with Crippen molar-refractivity contribution in [3.8, 4) is 0 Å². The second-order valence-electron chi connectivity index (χ2n) is 4.12. The third-order valence-electron chi connectivity index (χ3n) is 2.76. The molecule has 0 radical (unpaired) electrons. The van der Waals surface area contributed by atoms with Gasteiger partial charge in [0.25, 0.3) is 0 Å². The fourth-order valence-electron chi connectivity index (χ4n) is 1.94. The first-order valence-electron chi connectivity index (χ1n) is 5.43. The summed E-state index contributed by atoms with van der Waals surface area (Å²) in [6.07, 6.45) is 2.57. The van der Waals surface area contributed by atoms with Gasteiger partial charge in [-0.25, -0.2) is 0 Å². The molecule has 1 amide bonds. The molecular formula is C11H15BrN2OS. The summed E-state index contributed by atoms with van der Waals surface area (Å²) in [5, 5.41) is 0. The second-order valence-corrected chi connectivity index (χ2v) is 6.67. The Balaban J connectivity index is 1.92. The number of likely N-dealkylation sites (tertiary alicyclic amines) is 1. The molecule has 3 nitrogen and oxygen atoms in total. The van der Waals surface area contributed by atoms with E-state index in [-0.39, 0.29) is 11.9 Å². The number of carbonyl (C=O) groups excluding carboxylic acids is 1. The van der Waals surface area contributed by atoms with Crippen molar-refractivity contribution < 1.29 is 4.79 Å². The van der Waals surface area contributed by atoms with Crippen LogP contribution in [0.25, 0.3) is 0 Å². The number of hydrogen-bond donors (Lipinski definition) is 1. The van der Waals surface area contributed by atoms with Crippen molar-refractivity contribution in [1.29, 1.82) is 0 Å². The molecule has 1 aromatic rings. The van der Waals surface area contributed by atoms with Crippen LogP contribution < -0.4 is 5.73 Å². The fourth-order valence-corrected chi connectivity index (χ4v) is 3.42. The second kappa shape index (κ2) is 5.29. The van der Waals surface area contributed by atoms with Crippen molar-refractivity contribution in [2.24, 2.45) is 5.73 Å². The summed E-state index contributed by atoms with van der Waals surface area (Å²) in [6, 6.07) is 4.14. The molecule has 0 saturated carbocycles. The van der Waals surface area contributed by atoms with Crippen LogP contribution in [0.15, 0.2) is 15.9 Å². The summed E-state index contributed by atoms with van der Waals surface area (Å²) >= 11 is 5.02. The third kappa shape index (κ3) is 3.06. The molecule has 1 aliphatic heterocycles. The van der Waals surface area contributed by atoms with E-state index in [2.05, 4.69) is 15.9 Å². The van der Waals surface area contributed by atoms with Crippen LogP contribution in [0.3, 0.4) is 0 Å². The van der Waals surface area contributed by atoms with Crippen molar-refractivity contribution in [3.05, 3.63) is 20.8 Å². The Labute approximate surface area is 108 Å². The molecule has 0 bridgehead atoms. The molecule has 2 heterocycles. The van der Waals surface area contributed by atoms with Crippen LogP contribution >= 0.6 is 27.3 Å². The summed E-state index contributed by atoms with van der Waals surface area (Å²) in [6.45, 7) is 1.57. The maximum atomic E-state index is 12.0. The largest absolute Gasteiger partial charge is 0.341 e.